The summed E-state index contributed by atoms with van der Waals surface area (Å²) >= 11 is 1.59. The minimum atomic E-state index is 0.00562. The molecule has 2 N–H and O–H groups in total. The quantitative estimate of drug-likeness (QED) is 0.764. The highest BCUT2D eigenvalue weighted by Crippen LogP contribution is 2.26. The number of hydrogen-bond donors (Lipinski definition) is 2. The van der Waals surface area contributed by atoms with Crippen LogP contribution in [0.5, 0.6) is 0 Å². The zero-order valence-electron chi connectivity index (χ0n) is 8.79. The van der Waals surface area contributed by atoms with Gasteiger partial charge in [-0.2, -0.15) is 0 Å². The molecule has 1 heterocycles. The molecule has 0 amide bonds. The first-order valence-electron chi connectivity index (χ1n) is 5.00. The maximum absolute atomic E-state index is 9.35. The van der Waals surface area contributed by atoms with Crippen LogP contribution in [-0.2, 0) is 0 Å². The molecule has 4 heteroatoms. The Morgan fingerprint density at radius 3 is 2.64 bits per heavy atom. The molecule has 0 fully saturated rings. The van der Waals surface area contributed by atoms with Gasteiger partial charge in [-0.05, 0) is 12.8 Å². The highest BCUT2D eigenvalue weighted by atomic mass is 32.1. The van der Waals surface area contributed by atoms with Gasteiger partial charge in [0, 0.05) is 23.5 Å². The van der Waals surface area contributed by atoms with Crippen molar-refractivity contribution in [3.8, 4) is 0 Å². The van der Waals surface area contributed by atoms with E-state index in [1.165, 1.54) is 0 Å². The third kappa shape index (κ3) is 2.69. The van der Waals surface area contributed by atoms with E-state index in [1.807, 2.05) is 5.38 Å². The lowest BCUT2D eigenvalue weighted by Crippen LogP contribution is -2.32. The van der Waals surface area contributed by atoms with Crippen molar-refractivity contribution in [2.45, 2.75) is 26.7 Å². The van der Waals surface area contributed by atoms with Gasteiger partial charge in [0.25, 0.3) is 0 Å². The minimum absolute atomic E-state index is 0.00562. The fourth-order valence-electron chi connectivity index (χ4n) is 1.35. The van der Waals surface area contributed by atoms with Crippen molar-refractivity contribution >= 4 is 16.5 Å². The van der Waals surface area contributed by atoms with Crippen molar-refractivity contribution in [2.24, 2.45) is 5.41 Å². The first kappa shape index (κ1) is 11.5. The van der Waals surface area contributed by atoms with E-state index < -0.39 is 0 Å². The summed E-state index contributed by atoms with van der Waals surface area (Å²) in [5.41, 5.74) is 0.00562. The van der Waals surface area contributed by atoms with Gasteiger partial charge in [-0.25, -0.2) is 4.98 Å². The molecule has 0 unspecified atom stereocenters. The van der Waals surface area contributed by atoms with E-state index in [2.05, 4.69) is 24.1 Å². The van der Waals surface area contributed by atoms with Crippen LogP contribution in [0.1, 0.15) is 26.7 Å². The molecule has 0 saturated heterocycles. The SMILES string of the molecule is CCC(CC)(CO)CNc1nccs1. The lowest BCUT2D eigenvalue weighted by Gasteiger charge is -2.29. The number of anilines is 1. The summed E-state index contributed by atoms with van der Waals surface area (Å²) in [4.78, 5) is 4.15. The van der Waals surface area contributed by atoms with Gasteiger partial charge < -0.3 is 10.4 Å². The van der Waals surface area contributed by atoms with Gasteiger partial charge in [-0.15, -0.1) is 11.3 Å². The fraction of sp³-hybridized carbons (Fsp3) is 0.700. The maximum atomic E-state index is 9.35. The number of aromatic nitrogens is 1. The number of aliphatic hydroxyl groups excluding tert-OH is 1. The van der Waals surface area contributed by atoms with Crippen LogP contribution in [0.4, 0.5) is 5.13 Å². The van der Waals surface area contributed by atoms with Gasteiger partial charge >= 0.3 is 0 Å². The van der Waals surface area contributed by atoms with E-state index in [-0.39, 0.29) is 12.0 Å². The highest BCUT2D eigenvalue weighted by Gasteiger charge is 2.24. The average Bonchev–Trinajstić information content (AvgIpc) is 2.74. The normalized spacial score (nSPS) is 11.6. The van der Waals surface area contributed by atoms with E-state index in [9.17, 15) is 5.11 Å². The summed E-state index contributed by atoms with van der Waals surface area (Å²) in [5, 5.41) is 15.5. The van der Waals surface area contributed by atoms with Crippen LogP contribution in [0.15, 0.2) is 11.6 Å². The molecule has 0 saturated carbocycles. The van der Waals surface area contributed by atoms with Crippen LogP contribution < -0.4 is 5.32 Å². The monoisotopic (exact) mass is 214 g/mol. The van der Waals surface area contributed by atoms with Crippen molar-refractivity contribution in [3.63, 3.8) is 0 Å². The molecule has 0 spiro atoms. The molecule has 0 atom stereocenters. The Balaban J connectivity index is 2.48. The van der Waals surface area contributed by atoms with Crippen molar-refractivity contribution in [3.05, 3.63) is 11.6 Å². The molecule has 0 bridgehead atoms. The second-order valence-electron chi connectivity index (χ2n) is 3.56. The number of thiazole rings is 1. The van der Waals surface area contributed by atoms with Crippen molar-refractivity contribution < 1.29 is 5.11 Å². The largest absolute Gasteiger partial charge is 0.396 e. The van der Waals surface area contributed by atoms with Gasteiger partial charge in [0.2, 0.25) is 0 Å². The average molecular weight is 214 g/mol. The summed E-state index contributed by atoms with van der Waals surface area (Å²) in [6, 6.07) is 0. The molecule has 0 radical (unpaired) electrons. The van der Waals surface area contributed by atoms with Crippen LogP contribution >= 0.6 is 11.3 Å². The fourth-order valence-corrected chi connectivity index (χ4v) is 1.88. The number of nitrogens with zero attached hydrogens (tertiary/aromatic N) is 1. The topological polar surface area (TPSA) is 45.1 Å². The Bertz CT molecular complexity index is 236. The van der Waals surface area contributed by atoms with Crippen LogP contribution in [0.3, 0.4) is 0 Å². The van der Waals surface area contributed by atoms with Crippen molar-refractivity contribution in [1.82, 2.24) is 4.98 Å². The molecule has 1 rings (SSSR count). The van der Waals surface area contributed by atoms with Crippen LogP contribution in [0.2, 0.25) is 0 Å². The number of aliphatic hydroxyl groups is 1. The molecule has 14 heavy (non-hydrogen) atoms. The summed E-state index contributed by atoms with van der Waals surface area (Å²) in [7, 11) is 0. The standard InChI is InChI=1S/C10H18N2OS/c1-3-10(4-2,8-13)7-12-9-11-5-6-14-9/h5-6,13H,3-4,7-8H2,1-2H3,(H,11,12). The van der Waals surface area contributed by atoms with Crippen LogP contribution in [0, 0.1) is 5.41 Å². The zero-order chi connectivity index (χ0) is 10.4. The van der Waals surface area contributed by atoms with Crippen molar-refractivity contribution in [1.29, 1.82) is 0 Å². The molecular formula is C10H18N2OS. The van der Waals surface area contributed by atoms with E-state index in [1.54, 1.807) is 17.5 Å². The molecule has 0 aromatic carbocycles. The lowest BCUT2D eigenvalue weighted by molar-refractivity contribution is 0.127. The molecule has 0 aliphatic rings. The third-order valence-corrected chi connectivity index (χ3v) is 3.61. The van der Waals surface area contributed by atoms with Gasteiger partial charge in [0.1, 0.15) is 0 Å². The van der Waals surface area contributed by atoms with Gasteiger partial charge in [0.05, 0.1) is 6.61 Å². The summed E-state index contributed by atoms with van der Waals surface area (Å²) in [6.45, 7) is 5.26. The molecule has 0 aliphatic carbocycles. The van der Waals surface area contributed by atoms with E-state index in [4.69, 9.17) is 0 Å². The Kier molecular flexibility index (Phi) is 4.35. The van der Waals surface area contributed by atoms with E-state index in [0.29, 0.717) is 0 Å². The Morgan fingerprint density at radius 2 is 2.21 bits per heavy atom. The summed E-state index contributed by atoms with van der Waals surface area (Å²) < 4.78 is 0. The molecular weight excluding hydrogens is 196 g/mol. The highest BCUT2D eigenvalue weighted by molar-refractivity contribution is 7.13. The Morgan fingerprint density at radius 1 is 1.50 bits per heavy atom. The van der Waals surface area contributed by atoms with E-state index in [0.717, 1.165) is 24.5 Å². The van der Waals surface area contributed by atoms with E-state index >= 15 is 0 Å². The first-order chi connectivity index (χ1) is 6.76. The summed E-state index contributed by atoms with van der Waals surface area (Å²) in [6.07, 6.45) is 3.75. The van der Waals surface area contributed by atoms with Gasteiger partial charge in [0.15, 0.2) is 5.13 Å². The molecule has 0 aliphatic heterocycles. The minimum Gasteiger partial charge on any atom is -0.396 e. The second-order valence-corrected chi connectivity index (χ2v) is 4.45. The summed E-state index contributed by atoms with van der Waals surface area (Å²) in [5.74, 6) is 0. The molecule has 1 aromatic rings. The lowest BCUT2D eigenvalue weighted by atomic mass is 9.83. The molecule has 80 valence electrons. The Labute approximate surface area is 89.2 Å². The second kappa shape index (κ2) is 5.32. The number of rotatable bonds is 6. The smallest absolute Gasteiger partial charge is 0.182 e. The van der Waals surface area contributed by atoms with Gasteiger partial charge in [-0.3, -0.25) is 0 Å². The van der Waals surface area contributed by atoms with Crippen molar-refractivity contribution in [2.75, 3.05) is 18.5 Å². The molecule has 1 aromatic heterocycles. The maximum Gasteiger partial charge on any atom is 0.182 e. The first-order valence-corrected chi connectivity index (χ1v) is 5.88. The molecule has 3 nitrogen and oxygen atoms in total. The predicted molar refractivity (Wildman–Crippen MR) is 60.7 cm³/mol. The number of nitrogens with one attached hydrogen (secondary N) is 1. The van der Waals surface area contributed by atoms with Crippen LogP contribution in [0.25, 0.3) is 0 Å². The predicted octanol–water partition coefficient (Wildman–Crippen LogP) is 2.35. The van der Waals surface area contributed by atoms with Gasteiger partial charge in [-0.1, -0.05) is 13.8 Å². The number of hydrogen-bond acceptors (Lipinski definition) is 4. The third-order valence-electron chi connectivity index (χ3n) is 2.88. The van der Waals surface area contributed by atoms with Crippen LogP contribution in [-0.4, -0.2) is 23.2 Å². The zero-order valence-corrected chi connectivity index (χ0v) is 9.60. The Hall–Kier alpha value is -0.610.